The van der Waals surface area contributed by atoms with Crippen molar-refractivity contribution >= 4 is 12.0 Å². The highest BCUT2D eigenvalue weighted by Crippen LogP contribution is 2.31. The maximum Gasteiger partial charge on any atom is 0.387 e. The van der Waals surface area contributed by atoms with Crippen molar-refractivity contribution in [3.05, 3.63) is 35.4 Å². The lowest BCUT2D eigenvalue weighted by atomic mass is 10.0. The molecule has 0 amide bonds. The highest BCUT2D eigenvalue weighted by atomic mass is 19.3. The standard InChI is InChI=1S/C17H20F2O5/c1-3-21-16(20)8-7-14-13(11(2)22-9-12-10-23-12)5-4-6-15(14)24-17(18)19/h4-8,11-12,17H,3,9-10H2,1-2H3/b8-7+/t11-,12?/m1/s1. The minimum Gasteiger partial charge on any atom is -0.463 e. The van der Waals surface area contributed by atoms with Crippen molar-refractivity contribution in [2.45, 2.75) is 32.7 Å². The lowest BCUT2D eigenvalue weighted by Gasteiger charge is -2.18. The molecule has 0 aliphatic carbocycles. The smallest absolute Gasteiger partial charge is 0.387 e. The van der Waals surface area contributed by atoms with E-state index in [4.69, 9.17) is 14.2 Å². The molecule has 1 heterocycles. The molecule has 1 aliphatic rings. The topological polar surface area (TPSA) is 57.3 Å². The third-order valence-electron chi connectivity index (χ3n) is 3.36. The van der Waals surface area contributed by atoms with E-state index in [2.05, 4.69) is 4.74 Å². The molecule has 5 nitrogen and oxygen atoms in total. The summed E-state index contributed by atoms with van der Waals surface area (Å²) >= 11 is 0. The molecular weight excluding hydrogens is 322 g/mol. The average Bonchev–Trinajstić information content (AvgIpc) is 3.35. The summed E-state index contributed by atoms with van der Waals surface area (Å²) in [6.07, 6.45) is 2.29. The van der Waals surface area contributed by atoms with Crippen LogP contribution in [0.1, 0.15) is 31.1 Å². The Morgan fingerprint density at radius 1 is 1.46 bits per heavy atom. The monoisotopic (exact) mass is 342 g/mol. The number of benzene rings is 1. The number of epoxide rings is 1. The number of hydrogen-bond acceptors (Lipinski definition) is 5. The fraction of sp³-hybridized carbons (Fsp3) is 0.471. The zero-order valence-corrected chi connectivity index (χ0v) is 13.5. The molecule has 24 heavy (non-hydrogen) atoms. The van der Waals surface area contributed by atoms with Gasteiger partial charge in [0.25, 0.3) is 0 Å². The fourth-order valence-corrected chi connectivity index (χ4v) is 2.14. The Bertz CT molecular complexity index is 584. The van der Waals surface area contributed by atoms with E-state index in [1.165, 1.54) is 18.2 Å². The number of rotatable bonds is 9. The van der Waals surface area contributed by atoms with Crippen molar-refractivity contribution in [1.82, 2.24) is 0 Å². The molecule has 1 aromatic rings. The second-order valence-corrected chi connectivity index (χ2v) is 5.15. The maximum atomic E-state index is 12.6. The molecule has 0 spiro atoms. The normalized spacial score (nSPS) is 18.0. The number of ether oxygens (including phenoxy) is 4. The third kappa shape index (κ3) is 5.58. The van der Waals surface area contributed by atoms with Gasteiger partial charge in [-0.1, -0.05) is 12.1 Å². The molecule has 2 atom stereocenters. The van der Waals surface area contributed by atoms with Gasteiger partial charge in [-0.05, 0) is 31.6 Å². The molecule has 0 aromatic heterocycles. The molecule has 132 valence electrons. The second kappa shape index (κ2) is 8.75. The van der Waals surface area contributed by atoms with E-state index in [1.807, 2.05) is 0 Å². The van der Waals surface area contributed by atoms with Gasteiger partial charge in [-0.25, -0.2) is 4.79 Å². The second-order valence-electron chi connectivity index (χ2n) is 5.15. The van der Waals surface area contributed by atoms with Gasteiger partial charge < -0.3 is 18.9 Å². The number of alkyl halides is 2. The highest BCUT2D eigenvalue weighted by molar-refractivity contribution is 5.88. The Balaban J connectivity index is 2.24. The molecule has 1 fully saturated rings. The van der Waals surface area contributed by atoms with Crippen molar-refractivity contribution in [3.8, 4) is 5.75 Å². The van der Waals surface area contributed by atoms with E-state index in [9.17, 15) is 13.6 Å². The maximum absolute atomic E-state index is 12.6. The molecular formula is C17H20F2O5. The van der Waals surface area contributed by atoms with Gasteiger partial charge in [0.15, 0.2) is 0 Å². The minimum atomic E-state index is -2.97. The summed E-state index contributed by atoms with van der Waals surface area (Å²) < 4.78 is 45.4. The van der Waals surface area contributed by atoms with Gasteiger partial charge in [0.05, 0.1) is 25.9 Å². The van der Waals surface area contributed by atoms with Crippen LogP contribution in [0.4, 0.5) is 8.78 Å². The van der Waals surface area contributed by atoms with E-state index >= 15 is 0 Å². The van der Waals surface area contributed by atoms with Crippen molar-refractivity contribution in [2.75, 3.05) is 19.8 Å². The third-order valence-corrected chi connectivity index (χ3v) is 3.36. The van der Waals surface area contributed by atoms with Crippen LogP contribution in [0.3, 0.4) is 0 Å². The van der Waals surface area contributed by atoms with Crippen LogP contribution in [-0.4, -0.2) is 38.5 Å². The first-order valence-corrected chi connectivity index (χ1v) is 7.67. The Morgan fingerprint density at radius 3 is 2.83 bits per heavy atom. The molecule has 7 heteroatoms. The number of esters is 1. The molecule has 1 unspecified atom stereocenters. The van der Waals surface area contributed by atoms with Crippen molar-refractivity contribution < 1.29 is 32.5 Å². The SMILES string of the molecule is CCOC(=O)/C=C/c1c(OC(F)F)cccc1[C@@H](C)OCC1CO1. The van der Waals surface area contributed by atoms with Gasteiger partial charge in [0.1, 0.15) is 11.9 Å². The van der Waals surface area contributed by atoms with E-state index < -0.39 is 12.6 Å². The molecule has 0 saturated carbocycles. The van der Waals surface area contributed by atoms with Crippen LogP contribution in [0.15, 0.2) is 24.3 Å². The van der Waals surface area contributed by atoms with E-state index in [-0.39, 0.29) is 24.6 Å². The van der Waals surface area contributed by atoms with Gasteiger partial charge in [-0.2, -0.15) is 8.78 Å². The van der Waals surface area contributed by atoms with E-state index in [0.717, 1.165) is 0 Å². The molecule has 1 aromatic carbocycles. The van der Waals surface area contributed by atoms with Crippen LogP contribution in [0.5, 0.6) is 5.75 Å². The number of halogens is 2. The number of hydrogen-bond donors (Lipinski definition) is 0. The van der Waals surface area contributed by atoms with E-state index in [0.29, 0.717) is 24.3 Å². The van der Waals surface area contributed by atoms with Gasteiger partial charge in [-0.15, -0.1) is 0 Å². The van der Waals surface area contributed by atoms with Crippen LogP contribution < -0.4 is 4.74 Å². The van der Waals surface area contributed by atoms with Crippen LogP contribution >= 0.6 is 0 Å². The summed E-state index contributed by atoms with van der Waals surface area (Å²) in [5, 5.41) is 0. The lowest BCUT2D eigenvalue weighted by Crippen LogP contribution is -2.10. The summed E-state index contributed by atoms with van der Waals surface area (Å²) in [6.45, 7) is 1.82. The first-order valence-electron chi connectivity index (χ1n) is 7.67. The van der Waals surface area contributed by atoms with Crippen molar-refractivity contribution in [1.29, 1.82) is 0 Å². The van der Waals surface area contributed by atoms with E-state index in [1.54, 1.807) is 26.0 Å². The fourth-order valence-electron chi connectivity index (χ4n) is 2.14. The molecule has 1 aliphatic heterocycles. The quantitative estimate of drug-likeness (QED) is 0.391. The average molecular weight is 342 g/mol. The zero-order chi connectivity index (χ0) is 17.5. The summed E-state index contributed by atoms with van der Waals surface area (Å²) in [6, 6.07) is 4.75. The predicted molar refractivity (Wildman–Crippen MR) is 82.8 cm³/mol. The van der Waals surface area contributed by atoms with Crippen molar-refractivity contribution in [3.63, 3.8) is 0 Å². The van der Waals surface area contributed by atoms with Gasteiger partial charge >= 0.3 is 12.6 Å². The van der Waals surface area contributed by atoms with Gasteiger partial charge in [0, 0.05) is 11.6 Å². The minimum absolute atomic E-state index is 0.0267. The van der Waals surface area contributed by atoms with Gasteiger partial charge in [-0.3, -0.25) is 0 Å². The number of carbonyl (C=O) groups excluding carboxylic acids is 1. The van der Waals surface area contributed by atoms with Crippen LogP contribution in [-0.2, 0) is 19.0 Å². The molecule has 2 rings (SSSR count). The number of carbonyl (C=O) groups is 1. The Morgan fingerprint density at radius 2 is 2.21 bits per heavy atom. The van der Waals surface area contributed by atoms with Gasteiger partial charge in [0.2, 0.25) is 0 Å². The Kier molecular flexibility index (Phi) is 6.69. The largest absolute Gasteiger partial charge is 0.463 e. The summed E-state index contributed by atoms with van der Waals surface area (Å²) in [5.74, 6) is -0.587. The predicted octanol–water partition coefficient (Wildman–Crippen LogP) is 3.34. The molecule has 1 saturated heterocycles. The van der Waals surface area contributed by atoms with Crippen LogP contribution in [0.25, 0.3) is 6.08 Å². The lowest BCUT2D eigenvalue weighted by molar-refractivity contribution is -0.137. The van der Waals surface area contributed by atoms with Crippen molar-refractivity contribution in [2.24, 2.45) is 0 Å². The summed E-state index contributed by atoms with van der Waals surface area (Å²) in [4.78, 5) is 11.5. The highest BCUT2D eigenvalue weighted by Gasteiger charge is 2.24. The first kappa shape index (κ1) is 18.4. The summed E-state index contributed by atoms with van der Waals surface area (Å²) in [5.41, 5.74) is 0.990. The molecule has 0 bridgehead atoms. The zero-order valence-electron chi connectivity index (χ0n) is 13.5. The van der Waals surface area contributed by atoms with Crippen LogP contribution in [0.2, 0.25) is 0 Å². The first-order chi connectivity index (χ1) is 11.5. The van der Waals surface area contributed by atoms with Crippen LogP contribution in [0, 0.1) is 0 Å². The summed E-state index contributed by atoms with van der Waals surface area (Å²) in [7, 11) is 0. The molecule has 0 radical (unpaired) electrons. The Hall–Kier alpha value is -1.99. The Labute approximate surface area is 139 Å². The molecule has 0 N–H and O–H groups in total.